The quantitative estimate of drug-likeness (QED) is 0.533. The molecule has 1 heterocycles. The Bertz CT molecular complexity index is 944. The SMILES string of the molecule is COc1ccc(CCNc2ccnc(Nc3ccccc3C(C)C)n2)cc1OC. The van der Waals surface area contributed by atoms with E-state index in [0.717, 1.165) is 41.5 Å². The minimum absolute atomic E-state index is 0.418. The van der Waals surface area contributed by atoms with Crippen molar-refractivity contribution in [3.63, 3.8) is 0 Å². The summed E-state index contributed by atoms with van der Waals surface area (Å²) in [7, 11) is 3.28. The van der Waals surface area contributed by atoms with Gasteiger partial charge in [-0.1, -0.05) is 38.1 Å². The molecule has 0 aliphatic rings. The van der Waals surface area contributed by atoms with Crippen LogP contribution in [0.5, 0.6) is 11.5 Å². The molecule has 3 aromatic rings. The zero-order valence-electron chi connectivity index (χ0n) is 17.4. The molecule has 29 heavy (non-hydrogen) atoms. The molecule has 152 valence electrons. The number of rotatable bonds is 9. The molecule has 0 atom stereocenters. The molecule has 0 aliphatic heterocycles. The Hall–Kier alpha value is -3.28. The first-order valence-electron chi connectivity index (χ1n) is 9.74. The monoisotopic (exact) mass is 392 g/mol. The van der Waals surface area contributed by atoms with Crippen molar-refractivity contribution in [3.8, 4) is 11.5 Å². The second-order valence-corrected chi connectivity index (χ2v) is 7.00. The van der Waals surface area contributed by atoms with Gasteiger partial charge in [-0.05, 0) is 47.7 Å². The Morgan fingerprint density at radius 2 is 1.76 bits per heavy atom. The van der Waals surface area contributed by atoms with Crippen molar-refractivity contribution in [3.05, 3.63) is 65.9 Å². The molecule has 6 nitrogen and oxygen atoms in total. The lowest BCUT2D eigenvalue weighted by Gasteiger charge is -2.14. The van der Waals surface area contributed by atoms with E-state index < -0.39 is 0 Å². The standard InChI is InChI=1S/C23H28N4O2/c1-16(2)18-7-5-6-8-19(18)26-23-25-14-12-22(27-23)24-13-11-17-9-10-20(28-3)21(15-17)29-4/h5-10,12,14-16H,11,13H2,1-4H3,(H2,24,25,26,27). The van der Waals surface area contributed by atoms with Crippen molar-refractivity contribution < 1.29 is 9.47 Å². The highest BCUT2D eigenvalue weighted by molar-refractivity contribution is 5.60. The summed E-state index contributed by atoms with van der Waals surface area (Å²) in [6.45, 7) is 5.09. The van der Waals surface area contributed by atoms with Crippen molar-refractivity contribution >= 4 is 17.5 Å². The Labute approximate surface area is 172 Å². The number of aromatic nitrogens is 2. The number of para-hydroxylation sites is 1. The number of nitrogens with one attached hydrogen (secondary N) is 2. The molecule has 1 aromatic heterocycles. The van der Waals surface area contributed by atoms with E-state index in [1.54, 1.807) is 20.4 Å². The van der Waals surface area contributed by atoms with Crippen LogP contribution in [0, 0.1) is 0 Å². The van der Waals surface area contributed by atoms with Gasteiger partial charge in [0.05, 0.1) is 14.2 Å². The Morgan fingerprint density at radius 3 is 2.52 bits per heavy atom. The molecule has 2 aromatic carbocycles. The Kier molecular flexibility index (Phi) is 6.89. The number of methoxy groups -OCH3 is 2. The van der Waals surface area contributed by atoms with E-state index in [2.05, 4.69) is 46.6 Å². The molecular weight excluding hydrogens is 364 g/mol. The van der Waals surface area contributed by atoms with Crippen molar-refractivity contribution in [1.82, 2.24) is 9.97 Å². The average molecular weight is 393 g/mol. The average Bonchev–Trinajstić information content (AvgIpc) is 2.74. The van der Waals surface area contributed by atoms with Crippen LogP contribution in [0.15, 0.2) is 54.7 Å². The lowest BCUT2D eigenvalue weighted by atomic mass is 10.0. The number of nitrogens with zero attached hydrogens (tertiary/aromatic N) is 2. The van der Waals surface area contributed by atoms with Crippen LogP contribution in [0.25, 0.3) is 0 Å². The second kappa shape index (κ2) is 9.78. The first kappa shape index (κ1) is 20.5. The third-order valence-corrected chi connectivity index (χ3v) is 4.65. The van der Waals surface area contributed by atoms with Gasteiger partial charge in [-0.2, -0.15) is 4.98 Å². The third kappa shape index (κ3) is 5.38. The van der Waals surface area contributed by atoms with Gasteiger partial charge in [0.25, 0.3) is 0 Å². The van der Waals surface area contributed by atoms with E-state index in [1.165, 1.54) is 5.56 Å². The molecule has 0 saturated carbocycles. The predicted molar refractivity (Wildman–Crippen MR) is 118 cm³/mol. The fourth-order valence-corrected chi connectivity index (χ4v) is 3.12. The van der Waals surface area contributed by atoms with Gasteiger partial charge in [0.2, 0.25) is 5.95 Å². The van der Waals surface area contributed by atoms with Gasteiger partial charge in [-0.15, -0.1) is 0 Å². The van der Waals surface area contributed by atoms with Crippen LogP contribution in [-0.4, -0.2) is 30.7 Å². The summed E-state index contributed by atoms with van der Waals surface area (Å²) < 4.78 is 10.7. The molecule has 0 spiro atoms. The largest absolute Gasteiger partial charge is 0.493 e. The molecule has 6 heteroatoms. The molecule has 0 aliphatic carbocycles. The van der Waals surface area contributed by atoms with Crippen molar-refractivity contribution in [2.75, 3.05) is 31.4 Å². The summed E-state index contributed by atoms with van der Waals surface area (Å²) in [5.41, 5.74) is 3.43. The van der Waals surface area contributed by atoms with Crippen LogP contribution in [0.3, 0.4) is 0 Å². The summed E-state index contributed by atoms with van der Waals surface area (Å²) >= 11 is 0. The molecule has 0 unspecified atom stereocenters. The normalized spacial score (nSPS) is 10.7. The molecule has 0 radical (unpaired) electrons. The van der Waals surface area contributed by atoms with E-state index in [1.807, 2.05) is 36.4 Å². The van der Waals surface area contributed by atoms with E-state index >= 15 is 0 Å². The van der Waals surface area contributed by atoms with Gasteiger partial charge in [0.1, 0.15) is 5.82 Å². The van der Waals surface area contributed by atoms with Crippen LogP contribution >= 0.6 is 0 Å². The second-order valence-electron chi connectivity index (χ2n) is 7.00. The lowest BCUT2D eigenvalue weighted by molar-refractivity contribution is 0.354. The van der Waals surface area contributed by atoms with Crippen molar-refractivity contribution in [2.24, 2.45) is 0 Å². The van der Waals surface area contributed by atoms with Crippen LogP contribution in [0.1, 0.15) is 30.9 Å². The fourth-order valence-electron chi connectivity index (χ4n) is 3.12. The maximum absolute atomic E-state index is 5.37. The van der Waals surface area contributed by atoms with Gasteiger partial charge in [0.15, 0.2) is 11.5 Å². The van der Waals surface area contributed by atoms with Crippen LogP contribution in [0.4, 0.5) is 17.5 Å². The molecule has 2 N–H and O–H groups in total. The summed E-state index contributed by atoms with van der Waals surface area (Å²) in [5, 5.41) is 6.70. The summed E-state index contributed by atoms with van der Waals surface area (Å²) in [6.07, 6.45) is 2.59. The highest BCUT2D eigenvalue weighted by Crippen LogP contribution is 2.28. The number of anilines is 3. The summed E-state index contributed by atoms with van der Waals surface area (Å²) in [4.78, 5) is 8.93. The zero-order chi connectivity index (χ0) is 20.6. The van der Waals surface area contributed by atoms with Crippen LogP contribution in [0.2, 0.25) is 0 Å². The minimum Gasteiger partial charge on any atom is -0.493 e. The fraction of sp³-hybridized carbons (Fsp3) is 0.304. The predicted octanol–water partition coefficient (Wildman–Crippen LogP) is 5.02. The number of hydrogen-bond acceptors (Lipinski definition) is 6. The van der Waals surface area contributed by atoms with Gasteiger partial charge < -0.3 is 20.1 Å². The summed E-state index contributed by atoms with van der Waals surface area (Å²) in [6, 6.07) is 16.1. The zero-order valence-corrected chi connectivity index (χ0v) is 17.4. The van der Waals surface area contributed by atoms with E-state index in [0.29, 0.717) is 11.9 Å². The van der Waals surface area contributed by atoms with Gasteiger partial charge in [-0.25, -0.2) is 4.98 Å². The minimum atomic E-state index is 0.418. The van der Waals surface area contributed by atoms with Gasteiger partial charge >= 0.3 is 0 Å². The van der Waals surface area contributed by atoms with Gasteiger partial charge in [-0.3, -0.25) is 0 Å². The van der Waals surface area contributed by atoms with Crippen LogP contribution in [-0.2, 0) is 6.42 Å². The smallest absolute Gasteiger partial charge is 0.229 e. The number of benzene rings is 2. The Balaban J connectivity index is 1.62. The molecule has 0 bridgehead atoms. The molecule has 0 amide bonds. The highest BCUT2D eigenvalue weighted by atomic mass is 16.5. The third-order valence-electron chi connectivity index (χ3n) is 4.65. The molecular formula is C23H28N4O2. The lowest BCUT2D eigenvalue weighted by Crippen LogP contribution is -2.08. The van der Waals surface area contributed by atoms with Crippen molar-refractivity contribution in [1.29, 1.82) is 0 Å². The topological polar surface area (TPSA) is 68.3 Å². The number of ether oxygens (including phenoxy) is 2. The van der Waals surface area contributed by atoms with E-state index in [-0.39, 0.29) is 0 Å². The highest BCUT2D eigenvalue weighted by Gasteiger charge is 2.08. The van der Waals surface area contributed by atoms with Gasteiger partial charge in [0, 0.05) is 18.4 Å². The number of hydrogen-bond donors (Lipinski definition) is 2. The maximum atomic E-state index is 5.37. The molecule has 0 fully saturated rings. The van der Waals surface area contributed by atoms with E-state index in [4.69, 9.17) is 9.47 Å². The summed E-state index contributed by atoms with van der Waals surface area (Å²) in [5.74, 6) is 3.25. The first-order chi connectivity index (χ1) is 14.1. The Morgan fingerprint density at radius 1 is 0.966 bits per heavy atom. The van der Waals surface area contributed by atoms with E-state index in [9.17, 15) is 0 Å². The maximum Gasteiger partial charge on any atom is 0.229 e. The molecule has 0 saturated heterocycles. The van der Waals surface area contributed by atoms with Crippen LogP contribution < -0.4 is 20.1 Å². The van der Waals surface area contributed by atoms with Crippen molar-refractivity contribution in [2.45, 2.75) is 26.2 Å². The molecule has 3 rings (SSSR count). The first-order valence-corrected chi connectivity index (χ1v) is 9.74.